The third kappa shape index (κ3) is 2.70. The second-order valence-corrected chi connectivity index (χ2v) is 5.73. The van der Waals surface area contributed by atoms with Gasteiger partial charge in [-0.25, -0.2) is 0 Å². The number of aliphatic hydroxyl groups is 1. The summed E-state index contributed by atoms with van der Waals surface area (Å²) in [6.45, 7) is 0.197. The van der Waals surface area contributed by atoms with Crippen molar-refractivity contribution in [1.82, 2.24) is 9.88 Å². The summed E-state index contributed by atoms with van der Waals surface area (Å²) in [5.41, 5.74) is 2.53. The number of nitrogens with zero attached hydrogens (tertiary/aromatic N) is 1. The van der Waals surface area contributed by atoms with Crippen LogP contribution in [0.4, 0.5) is 0 Å². The molecule has 5 heteroatoms. The number of aryl methyl sites for hydroxylation is 1. The van der Waals surface area contributed by atoms with Crippen LogP contribution in [-0.2, 0) is 7.05 Å². The fourth-order valence-corrected chi connectivity index (χ4v) is 3.07. The topological polar surface area (TPSA) is 54.3 Å². The lowest BCUT2D eigenvalue weighted by Gasteiger charge is -2.11. The van der Waals surface area contributed by atoms with Crippen molar-refractivity contribution in [3.8, 4) is 0 Å². The van der Waals surface area contributed by atoms with Crippen molar-refractivity contribution >= 4 is 28.1 Å². The minimum atomic E-state index is -0.723. The summed E-state index contributed by atoms with van der Waals surface area (Å²) in [5.74, 6) is -0.157. The van der Waals surface area contributed by atoms with Gasteiger partial charge in [0.05, 0.1) is 6.10 Å². The van der Waals surface area contributed by atoms with Crippen LogP contribution in [0.5, 0.6) is 0 Å². The molecule has 0 unspecified atom stereocenters. The van der Waals surface area contributed by atoms with Gasteiger partial charge in [-0.3, -0.25) is 4.79 Å². The van der Waals surface area contributed by atoms with Gasteiger partial charge < -0.3 is 15.0 Å². The van der Waals surface area contributed by atoms with E-state index in [1.54, 1.807) is 11.4 Å². The summed E-state index contributed by atoms with van der Waals surface area (Å²) in [6, 6.07) is 9.67. The number of hydrogen-bond donors (Lipinski definition) is 2. The molecule has 2 N–H and O–H groups in total. The van der Waals surface area contributed by atoms with Crippen molar-refractivity contribution in [3.63, 3.8) is 0 Å². The van der Waals surface area contributed by atoms with Gasteiger partial charge in [-0.05, 0) is 17.5 Å². The van der Waals surface area contributed by atoms with Gasteiger partial charge in [-0.1, -0.05) is 18.2 Å². The number of aliphatic hydroxyl groups excluding tert-OH is 1. The highest BCUT2D eigenvalue weighted by Crippen LogP contribution is 2.25. The van der Waals surface area contributed by atoms with E-state index in [1.165, 1.54) is 11.3 Å². The van der Waals surface area contributed by atoms with Gasteiger partial charge in [0.1, 0.15) is 0 Å². The van der Waals surface area contributed by atoms with Gasteiger partial charge in [0.2, 0.25) is 0 Å². The fraction of sp³-hybridized carbons (Fsp3) is 0.188. The molecule has 3 aromatic rings. The van der Waals surface area contributed by atoms with E-state index >= 15 is 0 Å². The van der Waals surface area contributed by atoms with Crippen molar-refractivity contribution in [3.05, 3.63) is 58.4 Å². The zero-order valence-electron chi connectivity index (χ0n) is 11.6. The first-order valence-electron chi connectivity index (χ1n) is 6.69. The van der Waals surface area contributed by atoms with Gasteiger partial charge in [-0.15, -0.1) is 0 Å². The number of para-hydroxylation sites is 1. The second-order valence-electron chi connectivity index (χ2n) is 4.95. The Balaban J connectivity index is 1.75. The van der Waals surface area contributed by atoms with Crippen molar-refractivity contribution < 1.29 is 9.90 Å². The Hall–Kier alpha value is -2.11. The van der Waals surface area contributed by atoms with Crippen LogP contribution in [0.1, 0.15) is 22.0 Å². The lowest BCUT2D eigenvalue weighted by atomic mass is 10.1. The predicted molar refractivity (Wildman–Crippen MR) is 84.5 cm³/mol. The molecule has 0 aliphatic rings. The van der Waals surface area contributed by atoms with Crippen LogP contribution in [0.2, 0.25) is 0 Å². The molecule has 0 saturated carbocycles. The third-order valence-electron chi connectivity index (χ3n) is 3.53. The molecule has 1 atom stereocenters. The Morgan fingerprint density at radius 1 is 1.38 bits per heavy atom. The van der Waals surface area contributed by atoms with E-state index in [1.807, 2.05) is 47.5 Å². The number of aromatic nitrogens is 1. The number of carbonyl (C=O) groups is 1. The van der Waals surface area contributed by atoms with Crippen LogP contribution < -0.4 is 5.32 Å². The van der Waals surface area contributed by atoms with Gasteiger partial charge >= 0.3 is 0 Å². The molecule has 108 valence electrons. The number of thiophene rings is 1. The molecule has 1 aromatic carbocycles. The zero-order valence-corrected chi connectivity index (χ0v) is 12.4. The van der Waals surface area contributed by atoms with E-state index in [0.29, 0.717) is 5.56 Å². The molecule has 0 saturated heterocycles. The SMILES string of the molecule is Cn1cc([C@H](O)CNC(=O)c2ccsc2)c2ccccc21. The normalized spacial score (nSPS) is 12.5. The van der Waals surface area contributed by atoms with Crippen LogP contribution >= 0.6 is 11.3 Å². The fourth-order valence-electron chi connectivity index (χ4n) is 2.43. The van der Waals surface area contributed by atoms with Gasteiger partial charge in [0.25, 0.3) is 5.91 Å². The van der Waals surface area contributed by atoms with E-state index in [2.05, 4.69) is 5.32 Å². The van der Waals surface area contributed by atoms with E-state index in [0.717, 1.165) is 16.5 Å². The zero-order chi connectivity index (χ0) is 14.8. The maximum Gasteiger partial charge on any atom is 0.252 e. The number of amides is 1. The molecule has 1 amide bonds. The smallest absolute Gasteiger partial charge is 0.252 e. The van der Waals surface area contributed by atoms with E-state index in [9.17, 15) is 9.90 Å². The molecule has 0 fully saturated rings. The van der Waals surface area contributed by atoms with Crippen molar-refractivity contribution in [2.75, 3.05) is 6.54 Å². The molecule has 0 spiro atoms. The highest BCUT2D eigenvalue weighted by Gasteiger charge is 2.15. The second kappa shape index (κ2) is 5.71. The summed E-state index contributed by atoms with van der Waals surface area (Å²) in [7, 11) is 1.95. The van der Waals surface area contributed by atoms with Crippen LogP contribution in [0.3, 0.4) is 0 Å². The Morgan fingerprint density at radius 3 is 2.95 bits per heavy atom. The summed E-state index contributed by atoms with van der Waals surface area (Å²) in [4.78, 5) is 11.9. The molecule has 0 aliphatic heterocycles. The van der Waals surface area contributed by atoms with Gasteiger partial charge in [0, 0.05) is 47.2 Å². The Morgan fingerprint density at radius 2 is 2.19 bits per heavy atom. The molecule has 2 heterocycles. The van der Waals surface area contributed by atoms with Crippen LogP contribution in [0.25, 0.3) is 10.9 Å². The van der Waals surface area contributed by atoms with Crippen LogP contribution in [-0.4, -0.2) is 22.1 Å². The average molecular weight is 300 g/mol. The molecule has 0 bridgehead atoms. The number of nitrogens with one attached hydrogen (secondary N) is 1. The maximum absolute atomic E-state index is 11.9. The minimum Gasteiger partial charge on any atom is -0.386 e. The van der Waals surface area contributed by atoms with Crippen molar-refractivity contribution in [2.45, 2.75) is 6.10 Å². The summed E-state index contributed by atoms with van der Waals surface area (Å²) in [5, 5.41) is 17.8. The Labute approximate surface area is 126 Å². The van der Waals surface area contributed by atoms with Crippen molar-refractivity contribution in [2.24, 2.45) is 7.05 Å². The molecular formula is C16H16N2O2S. The number of fused-ring (bicyclic) bond motifs is 1. The Kier molecular flexibility index (Phi) is 3.77. The number of rotatable bonds is 4. The predicted octanol–water partition coefficient (Wildman–Crippen LogP) is 2.70. The number of benzene rings is 1. The Bertz CT molecular complexity index is 762. The number of carbonyl (C=O) groups excluding carboxylic acids is 1. The third-order valence-corrected chi connectivity index (χ3v) is 4.21. The molecular weight excluding hydrogens is 284 g/mol. The molecule has 3 rings (SSSR count). The lowest BCUT2D eigenvalue weighted by molar-refractivity contribution is 0.0917. The molecule has 0 aliphatic carbocycles. The molecule has 4 nitrogen and oxygen atoms in total. The summed E-state index contributed by atoms with van der Waals surface area (Å²) >= 11 is 1.48. The highest BCUT2D eigenvalue weighted by molar-refractivity contribution is 7.08. The number of hydrogen-bond acceptors (Lipinski definition) is 3. The minimum absolute atomic E-state index is 0.157. The summed E-state index contributed by atoms with van der Waals surface area (Å²) in [6.07, 6.45) is 1.19. The van der Waals surface area contributed by atoms with E-state index in [-0.39, 0.29) is 12.5 Å². The quantitative estimate of drug-likeness (QED) is 0.778. The first kappa shape index (κ1) is 13.9. The van der Waals surface area contributed by atoms with E-state index in [4.69, 9.17) is 0 Å². The van der Waals surface area contributed by atoms with E-state index < -0.39 is 6.10 Å². The van der Waals surface area contributed by atoms with Crippen LogP contribution in [0.15, 0.2) is 47.3 Å². The van der Waals surface area contributed by atoms with Crippen molar-refractivity contribution in [1.29, 1.82) is 0 Å². The largest absolute Gasteiger partial charge is 0.386 e. The monoisotopic (exact) mass is 300 g/mol. The molecule has 2 aromatic heterocycles. The standard InChI is InChI=1S/C16H16N2O2S/c1-18-9-13(12-4-2-3-5-14(12)18)15(19)8-17-16(20)11-6-7-21-10-11/h2-7,9-10,15,19H,8H2,1H3,(H,17,20)/t15-/m1/s1. The highest BCUT2D eigenvalue weighted by atomic mass is 32.1. The average Bonchev–Trinajstić information content (AvgIpc) is 3.13. The summed E-state index contributed by atoms with van der Waals surface area (Å²) < 4.78 is 1.98. The first-order chi connectivity index (χ1) is 10.2. The first-order valence-corrected chi connectivity index (χ1v) is 7.63. The molecule has 21 heavy (non-hydrogen) atoms. The van der Waals surface area contributed by atoms with Gasteiger partial charge in [-0.2, -0.15) is 11.3 Å². The maximum atomic E-state index is 11.9. The van der Waals surface area contributed by atoms with Gasteiger partial charge in [0.15, 0.2) is 0 Å². The van der Waals surface area contributed by atoms with Crippen LogP contribution in [0, 0.1) is 0 Å². The lowest BCUT2D eigenvalue weighted by Crippen LogP contribution is -2.27. The molecule has 0 radical (unpaired) electrons.